The number of benzene rings is 2. The highest BCUT2D eigenvalue weighted by atomic mass is 32.1. The predicted octanol–water partition coefficient (Wildman–Crippen LogP) is 2.61. The minimum absolute atomic E-state index is 0.113. The zero-order chi connectivity index (χ0) is 15.4. The van der Waals surface area contributed by atoms with Crippen molar-refractivity contribution < 1.29 is 9.53 Å². The van der Waals surface area contributed by atoms with Crippen molar-refractivity contribution in [3.63, 3.8) is 0 Å². The zero-order valence-electron chi connectivity index (χ0n) is 11.9. The predicted molar refractivity (Wildman–Crippen MR) is 88.1 cm³/mol. The molecule has 0 bridgehead atoms. The van der Waals surface area contributed by atoms with Crippen molar-refractivity contribution >= 4 is 28.8 Å². The van der Waals surface area contributed by atoms with Crippen molar-refractivity contribution in [2.75, 3.05) is 19.1 Å². The van der Waals surface area contributed by atoms with Gasteiger partial charge in [-0.1, -0.05) is 30.4 Å². The molecule has 0 saturated heterocycles. The van der Waals surface area contributed by atoms with Crippen LogP contribution in [0.5, 0.6) is 5.75 Å². The van der Waals surface area contributed by atoms with E-state index in [1.54, 1.807) is 49.4 Å². The fraction of sp³-hybridized carbons (Fsp3) is 0.125. The van der Waals surface area contributed by atoms with Crippen LogP contribution in [0.2, 0.25) is 0 Å². The summed E-state index contributed by atoms with van der Waals surface area (Å²) < 4.78 is 5.17. The van der Waals surface area contributed by atoms with Crippen LogP contribution in [-0.2, 0) is 0 Å². The van der Waals surface area contributed by atoms with E-state index in [1.807, 2.05) is 18.2 Å². The van der Waals surface area contributed by atoms with Gasteiger partial charge < -0.3 is 15.4 Å². The van der Waals surface area contributed by atoms with Gasteiger partial charge in [-0.25, -0.2) is 0 Å². The topological polar surface area (TPSA) is 55.6 Å². The number of nitrogens with two attached hydrogens (primary N) is 1. The van der Waals surface area contributed by atoms with Crippen LogP contribution in [0, 0.1) is 0 Å². The second-order valence-electron chi connectivity index (χ2n) is 4.51. The van der Waals surface area contributed by atoms with Crippen molar-refractivity contribution in [3.8, 4) is 5.75 Å². The number of nitrogens with zero attached hydrogens (tertiary/aromatic N) is 1. The van der Waals surface area contributed by atoms with Crippen LogP contribution in [0.1, 0.15) is 15.9 Å². The molecule has 0 fully saturated rings. The molecular formula is C16H16N2O2S. The van der Waals surface area contributed by atoms with E-state index in [-0.39, 0.29) is 5.91 Å². The molecule has 0 atom stereocenters. The lowest BCUT2D eigenvalue weighted by atomic mass is 10.1. The second kappa shape index (κ2) is 6.37. The maximum Gasteiger partial charge on any atom is 0.258 e. The van der Waals surface area contributed by atoms with Gasteiger partial charge in [0.25, 0.3) is 5.91 Å². The third kappa shape index (κ3) is 3.38. The third-order valence-corrected chi connectivity index (χ3v) is 3.40. The molecule has 2 aromatic carbocycles. The van der Waals surface area contributed by atoms with Crippen LogP contribution in [0.3, 0.4) is 0 Å². The normalized spacial score (nSPS) is 10.0. The maximum absolute atomic E-state index is 12.4. The number of amides is 1. The standard InChI is InChI=1S/C16H16N2O2S/c1-18(13-4-3-5-14(10-13)20-2)16(19)12-8-6-11(7-9-12)15(17)21/h3-10H,1-2H3,(H2,17,21). The molecule has 4 nitrogen and oxygen atoms in total. The van der Waals surface area contributed by atoms with Gasteiger partial charge in [-0.05, 0) is 24.3 Å². The average Bonchev–Trinajstić information content (AvgIpc) is 2.53. The number of rotatable bonds is 4. The van der Waals surface area contributed by atoms with Crippen LogP contribution in [0.25, 0.3) is 0 Å². The lowest BCUT2D eigenvalue weighted by molar-refractivity contribution is 0.0993. The Balaban J connectivity index is 2.23. The first-order valence-corrected chi connectivity index (χ1v) is 6.75. The highest BCUT2D eigenvalue weighted by molar-refractivity contribution is 7.80. The molecule has 108 valence electrons. The number of thiocarbonyl (C=S) groups is 1. The number of methoxy groups -OCH3 is 1. The lowest BCUT2D eigenvalue weighted by Gasteiger charge is -2.18. The van der Waals surface area contributed by atoms with Crippen LogP contribution in [0.15, 0.2) is 48.5 Å². The van der Waals surface area contributed by atoms with Crippen LogP contribution in [0.4, 0.5) is 5.69 Å². The van der Waals surface area contributed by atoms with E-state index in [1.165, 1.54) is 0 Å². The number of ether oxygens (including phenoxy) is 1. The van der Waals surface area contributed by atoms with Gasteiger partial charge >= 0.3 is 0 Å². The summed E-state index contributed by atoms with van der Waals surface area (Å²) in [4.78, 5) is 14.3. The summed E-state index contributed by atoms with van der Waals surface area (Å²) in [6, 6.07) is 14.3. The summed E-state index contributed by atoms with van der Waals surface area (Å²) in [5, 5.41) is 0. The molecule has 0 unspecified atom stereocenters. The van der Waals surface area contributed by atoms with E-state index in [0.29, 0.717) is 16.3 Å². The molecule has 21 heavy (non-hydrogen) atoms. The van der Waals surface area contributed by atoms with E-state index >= 15 is 0 Å². The molecule has 1 amide bonds. The fourth-order valence-corrected chi connectivity index (χ4v) is 2.04. The number of anilines is 1. The van der Waals surface area contributed by atoms with Gasteiger partial charge in [0.2, 0.25) is 0 Å². The Morgan fingerprint density at radius 2 is 1.76 bits per heavy atom. The first-order chi connectivity index (χ1) is 10.0. The molecular weight excluding hydrogens is 284 g/mol. The number of hydrogen-bond donors (Lipinski definition) is 1. The lowest BCUT2D eigenvalue weighted by Crippen LogP contribution is -2.26. The first kappa shape index (κ1) is 15.0. The van der Waals surface area contributed by atoms with Crippen molar-refractivity contribution in [1.29, 1.82) is 0 Å². The van der Waals surface area contributed by atoms with E-state index in [0.717, 1.165) is 11.3 Å². The molecule has 0 heterocycles. The van der Waals surface area contributed by atoms with Crippen molar-refractivity contribution in [1.82, 2.24) is 0 Å². The fourth-order valence-electron chi connectivity index (χ4n) is 1.91. The molecule has 0 radical (unpaired) electrons. The van der Waals surface area contributed by atoms with Gasteiger partial charge in [0, 0.05) is 29.9 Å². The Labute approximate surface area is 129 Å². The zero-order valence-corrected chi connectivity index (χ0v) is 12.7. The minimum atomic E-state index is -0.113. The Kier molecular flexibility index (Phi) is 4.55. The summed E-state index contributed by atoms with van der Waals surface area (Å²) in [7, 11) is 3.31. The van der Waals surface area contributed by atoms with Gasteiger partial charge in [-0.2, -0.15) is 0 Å². The quantitative estimate of drug-likeness (QED) is 0.882. The Bertz CT molecular complexity index is 668. The smallest absolute Gasteiger partial charge is 0.258 e. The van der Waals surface area contributed by atoms with Gasteiger partial charge in [0.05, 0.1) is 7.11 Å². The van der Waals surface area contributed by atoms with Crippen LogP contribution in [-0.4, -0.2) is 25.1 Å². The Morgan fingerprint density at radius 1 is 1.14 bits per heavy atom. The monoisotopic (exact) mass is 300 g/mol. The van der Waals surface area contributed by atoms with Crippen LogP contribution >= 0.6 is 12.2 Å². The maximum atomic E-state index is 12.4. The van der Waals surface area contributed by atoms with E-state index in [2.05, 4.69) is 0 Å². The summed E-state index contributed by atoms with van der Waals surface area (Å²) in [5.41, 5.74) is 7.62. The average molecular weight is 300 g/mol. The first-order valence-electron chi connectivity index (χ1n) is 6.35. The molecule has 0 spiro atoms. The molecule has 0 aliphatic heterocycles. The second-order valence-corrected chi connectivity index (χ2v) is 4.95. The SMILES string of the molecule is COc1cccc(N(C)C(=O)c2ccc(C(N)=S)cc2)c1. The molecule has 5 heteroatoms. The summed E-state index contributed by atoms with van der Waals surface area (Å²) in [6.07, 6.45) is 0. The third-order valence-electron chi connectivity index (χ3n) is 3.16. The van der Waals surface area contributed by atoms with Crippen molar-refractivity contribution in [2.45, 2.75) is 0 Å². The molecule has 0 aliphatic rings. The van der Waals surface area contributed by atoms with Crippen molar-refractivity contribution in [2.24, 2.45) is 5.73 Å². The molecule has 2 rings (SSSR count). The van der Waals surface area contributed by atoms with E-state index in [4.69, 9.17) is 22.7 Å². The van der Waals surface area contributed by atoms with Crippen LogP contribution < -0.4 is 15.4 Å². The highest BCUT2D eigenvalue weighted by Crippen LogP contribution is 2.21. The number of carbonyl (C=O) groups excluding carboxylic acids is 1. The summed E-state index contributed by atoms with van der Waals surface area (Å²) >= 11 is 4.90. The van der Waals surface area contributed by atoms with E-state index in [9.17, 15) is 4.79 Å². The Morgan fingerprint density at radius 3 is 2.33 bits per heavy atom. The summed E-state index contributed by atoms with van der Waals surface area (Å²) in [5.74, 6) is 0.591. The highest BCUT2D eigenvalue weighted by Gasteiger charge is 2.14. The largest absolute Gasteiger partial charge is 0.497 e. The summed E-state index contributed by atoms with van der Waals surface area (Å²) in [6.45, 7) is 0. The molecule has 2 N–H and O–H groups in total. The van der Waals surface area contributed by atoms with Gasteiger partial charge in [0.1, 0.15) is 10.7 Å². The molecule has 0 aromatic heterocycles. The molecule has 0 aliphatic carbocycles. The van der Waals surface area contributed by atoms with E-state index < -0.39 is 0 Å². The van der Waals surface area contributed by atoms with Gasteiger partial charge in [0.15, 0.2) is 0 Å². The number of carbonyl (C=O) groups is 1. The van der Waals surface area contributed by atoms with Gasteiger partial charge in [-0.15, -0.1) is 0 Å². The number of hydrogen-bond acceptors (Lipinski definition) is 3. The molecule has 2 aromatic rings. The van der Waals surface area contributed by atoms with Crippen molar-refractivity contribution in [3.05, 3.63) is 59.7 Å². The Hall–Kier alpha value is -2.40. The molecule has 0 saturated carbocycles. The minimum Gasteiger partial charge on any atom is -0.497 e. The van der Waals surface area contributed by atoms with Gasteiger partial charge in [-0.3, -0.25) is 4.79 Å².